The number of hydrogen-bond acceptors (Lipinski definition) is 7. The summed E-state index contributed by atoms with van der Waals surface area (Å²) in [7, 11) is 3.42. The Bertz CT molecular complexity index is 879. The Balaban J connectivity index is 1.68. The average molecular weight is 443 g/mol. The number of aromatic nitrogens is 4. The number of nitrogens with zero attached hydrogens (tertiary/aromatic N) is 6. The summed E-state index contributed by atoms with van der Waals surface area (Å²) in [6, 6.07) is 6.62. The van der Waals surface area contributed by atoms with Crippen molar-refractivity contribution in [2.75, 3.05) is 40.4 Å². The molecule has 32 heavy (non-hydrogen) atoms. The molecule has 2 aliphatic rings. The predicted molar refractivity (Wildman–Crippen MR) is 124 cm³/mol. The fraction of sp³-hybridized carbons (Fsp3) is 0.708. The Kier molecular flexibility index (Phi) is 7.00. The third kappa shape index (κ3) is 4.76. The molecule has 1 aliphatic carbocycles. The molecule has 0 radical (unpaired) electrons. The van der Waals surface area contributed by atoms with Crippen molar-refractivity contribution >= 4 is 0 Å². The van der Waals surface area contributed by atoms with Crippen LogP contribution in [0, 0.1) is 0 Å². The lowest BCUT2D eigenvalue weighted by molar-refractivity contribution is 0.0603. The van der Waals surface area contributed by atoms with Crippen molar-refractivity contribution in [3.63, 3.8) is 0 Å². The third-order valence-electron chi connectivity index (χ3n) is 6.91. The van der Waals surface area contributed by atoms with Gasteiger partial charge in [-0.2, -0.15) is 0 Å². The molecule has 2 fully saturated rings. The van der Waals surface area contributed by atoms with Crippen molar-refractivity contribution in [2.24, 2.45) is 0 Å². The lowest BCUT2D eigenvalue weighted by atomic mass is 9.93. The van der Waals surface area contributed by atoms with E-state index in [2.05, 4.69) is 52.2 Å². The lowest BCUT2D eigenvalue weighted by Crippen LogP contribution is -2.52. The monoisotopic (exact) mass is 442 g/mol. The zero-order valence-electron chi connectivity index (χ0n) is 20.3. The molecule has 4 rings (SSSR count). The minimum absolute atomic E-state index is 0.109. The van der Waals surface area contributed by atoms with Crippen LogP contribution in [0.15, 0.2) is 18.2 Å². The van der Waals surface area contributed by atoms with Gasteiger partial charge in [0.25, 0.3) is 0 Å². The van der Waals surface area contributed by atoms with E-state index in [0.29, 0.717) is 0 Å². The van der Waals surface area contributed by atoms with E-state index in [-0.39, 0.29) is 11.6 Å². The van der Waals surface area contributed by atoms with Crippen LogP contribution in [0.3, 0.4) is 0 Å². The molecule has 176 valence electrons. The summed E-state index contributed by atoms with van der Waals surface area (Å²) in [5.41, 5.74) is 0.811. The molecule has 2 aromatic rings. The summed E-state index contributed by atoms with van der Waals surface area (Å²) < 4.78 is 13.3. The van der Waals surface area contributed by atoms with Crippen LogP contribution in [-0.4, -0.2) is 76.4 Å². The van der Waals surface area contributed by atoms with Gasteiger partial charge in [-0.3, -0.25) is 9.80 Å². The van der Waals surface area contributed by atoms with E-state index in [0.717, 1.165) is 55.1 Å². The number of ether oxygens (including phenoxy) is 2. The minimum Gasteiger partial charge on any atom is -0.497 e. The maximum absolute atomic E-state index is 5.79. The fourth-order valence-electron chi connectivity index (χ4n) is 5.20. The Morgan fingerprint density at radius 2 is 1.69 bits per heavy atom. The number of rotatable bonds is 6. The van der Waals surface area contributed by atoms with Gasteiger partial charge in [0.1, 0.15) is 17.5 Å². The Morgan fingerprint density at radius 1 is 0.969 bits per heavy atom. The molecule has 1 aromatic heterocycles. The van der Waals surface area contributed by atoms with Crippen molar-refractivity contribution in [1.82, 2.24) is 30.0 Å². The molecule has 1 aromatic carbocycles. The van der Waals surface area contributed by atoms with Gasteiger partial charge in [0.2, 0.25) is 0 Å². The molecule has 0 amide bonds. The minimum atomic E-state index is -0.229. The summed E-state index contributed by atoms with van der Waals surface area (Å²) in [4.78, 5) is 5.20. The molecule has 0 spiro atoms. The van der Waals surface area contributed by atoms with Gasteiger partial charge < -0.3 is 9.47 Å². The van der Waals surface area contributed by atoms with E-state index in [9.17, 15) is 0 Å². The second-order valence-electron chi connectivity index (χ2n) is 9.99. The van der Waals surface area contributed by atoms with E-state index in [1.807, 2.05) is 16.8 Å². The summed E-state index contributed by atoms with van der Waals surface area (Å²) in [6.07, 6.45) is 6.82. The van der Waals surface area contributed by atoms with Gasteiger partial charge in [-0.25, -0.2) is 4.68 Å². The molecule has 1 saturated carbocycles. The Labute approximate surface area is 191 Å². The van der Waals surface area contributed by atoms with Crippen LogP contribution in [0.25, 0.3) is 0 Å². The third-order valence-corrected chi connectivity index (χ3v) is 6.91. The van der Waals surface area contributed by atoms with E-state index < -0.39 is 0 Å². The van der Waals surface area contributed by atoms with Gasteiger partial charge >= 0.3 is 0 Å². The zero-order valence-corrected chi connectivity index (χ0v) is 20.3. The first-order valence-electron chi connectivity index (χ1n) is 11.9. The number of methoxy groups -OCH3 is 2. The van der Waals surface area contributed by atoms with Crippen LogP contribution in [0.2, 0.25) is 0 Å². The number of piperazine rings is 1. The standard InChI is InChI=1S/C24H38N6O2/c1-24(2,3)30-23(25-26-27-30)22(20-17-19(31-4)11-12-21(20)32-5)29-15-13-28(14-16-29)18-9-7-6-8-10-18/h11-12,17-18,22H,6-10,13-16H2,1-5H3/t22-/m0/s1. The van der Waals surface area contributed by atoms with Crippen LogP contribution in [0.4, 0.5) is 0 Å². The lowest BCUT2D eigenvalue weighted by Gasteiger charge is -2.43. The smallest absolute Gasteiger partial charge is 0.173 e. The molecule has 1 atom stereocenters. The zero-order chi connectivity index (χ0) is 22.7. The van der Waals surface area contributed by atoms with Crippen LogP contribution in [-0.2, 0) is 5.54 Å². The second-order valence-corrected chi connectivity index (χ2v) is 9.99. The first-order valence-corrected chi connectivity index (χ1v) is 11.9. The highest BCUT2D eigenvalue weighted by Crippen LogP contribution is 2.38. The quantitative estimate of drug-likeness (QED) is 0.678. The maximum atomic E-state index is 5.79. The van der Waals surface area contributed by atoms with Crippen LogP contribution in [0.1, 0.15) is 70.3 Å². The van der Waals surface area contributed by atoms with Crippen molar-refractivity contribution in [2.45, 2.75) is 70.5 Å². The van der Waals surface area contributed by atoms with Crippen LogP contribution in [0.5, 0.6) is 11.5 Å². The van der Waals surface area contributed by atoms with Gasteiger partial charge in [-0.15, -0.1) is 5.10 Å². The van der Waals surface area contributed by atoms with Gasteiger partial charge in [-0.05, 0) is 62.2 Å². The molecule has 1 aliphatic heterocycles. The molecule has 1 saturated heterocycles. The maximum Gasteiger partial charge on any atom is 0.173 e. The largest absolute Gasteiger partial charge is 0.497 e. The highest BCUT2D eigenvalue weighted by molar-refractivity contribution is 5.44. The molecule has 8 nitrogen and oxygen atoms in total. The normalized spacial score (nSPS) is 20.3. The molecular formula is C24H38N6O2. The van der Waals surface area contributed by atoms with E-state index in [1.165, 1.54) is 32.1 Å². The topological polar surface area (TPSA) is 68.5 Å². The van der Waals surface area contributed by atoms with Gasteiger partial charge in [0.05, 0.1) is 19.8 Å². The van der Waals surface area contributed by atoms with Crippen molar-refractivity contribution in [1.29, 1.82) is 0 Å². The summed E-state index contributed by atoms with van der Waals surface area (Å²) in [6.45, 7) is 10.5. The Hall–Kier alpha value is -2.19. The highest BCUT2D eigenvalue weighted by Gasteiger charge is 2.36. The van der Waals surface area contributed by atoms with Gasteiger partial charge in [0.15, 0.2) is 5.82 Å². The predicted octanol–water partition coefficient (Wildman–Crippen LogP) is 3.49. The van der Waals surface area contributed by atoms with Crippen LogP contribution >= 0.6 is 0 Å². The number of hydrogen-bond donors (Lipinski definition) is 0. The number of benzene rings is 1. The molecule has 0 unspecified atom stereocenters. The van der Waals surface area contributed by atoms with Gasteiger partial charge in [0, 0.05) is 37.8 Å². The molecule has 8 heteroatoms. The summed E-state index contributed by atoms with van der Waals surface area (Å²) in [5, 5.41) is 13.0. The van der Waals surface area contributed by atoms with Crippen molar-refractivity contribution < 1.29 is 9.47 Å². The molecule has 2 heterocycles. The second kappa shape index (κ2) is 9.75. The number of tetrazole rings is 1. The molecule has 0 bridgehead atoms. The van der Waals surface area contributed by atoms with Crippen molar-refractivity contribution in [3.8, 4) is 11.5 Å². The summed E-state index contributed by atoms with van der Waals surface area (Å²) >= 11 is 0. The van der Waals surface area contributed by atoms with Crippen molar-refractivity contribution in [3.05, 3.63) is 29.6 Å². The van der Waals surface area contributed by atoms with E-state index in [4.69, 9.17) is 9.47 Å². The first-order chi connectivity index (χ1) is 15.4. The van der Waals surface area contributed by atoms with Crippen LogP contribution < -0.4 is 9.47 Å². The highest BCUT2D eigenvalue weighted by atomic mass is 16.5. The molecular weight excluding hydrogens is 404 g/mol. The SMILES string of the molecule is COc1ccc(OC)c([C@@H](c2nnnn2C(C)(C)C)N2CCN(C3CCCCC3)CC2)c1. The average Bonchev–Trinajstić information content (AvgIpc) is 3.30. The van der Waals surface area contributed by atoms with Gasteiger partial charge in [-0.1, -0.05) is 19.3 Å². The van der Waals surface area contributed by atoms with E-state index >= 15 is 0 Å². The molecule has 0 N–H and O–H groups in total. The first kappa shape index (κ1) is 23.0. The Morgan fingerprint density at radius 3 is 2.31 bits per heavy atom. The van der Waals surface area contributed by atoms with E-state index in [1.54, 1.807) is 14.2 Å². The summed E-state index contributed by atoms with van der Waals surface area (Å²) in [5.74, 6) is 2.48. The fourth-order valence-corrected chi connectivity index (χ4v) is 5.20.